The monoisotopic (exact) mass is 309 g/mol. The molecule has 1 aromatic carbocycles. The summed E-state index contributed by atoms with van der Waals surface area (Å²) in [4.78, 5) is 4.00. The van der Waals surface area contributed by atoms with E-state index >= 15 is 0 Å². The average Bonchev–Trinajstić information content (AvgIpc) is 2.98. The van der Waals surface area contributed by atoms with Gasteiger partial charge >= 0.3 is 0 Å². The van der Waals surface area contributed by atoms with Gasteiger partial charge in [0, 0.05) is 18.9 Å². The van der Waals surface area contributed by atoms with Gasteiger partial charge in [0.2, 0.25) is 0 Å². The summed E-state index contributed by atoms with van der Waals surface area (Å²) in [7, 11) is 1.61. The molecule has 0 unspecified atom stereocenters. The maximum atomic E-state index is 6.27. The molecule has 0 spiro atoms. The number of ether oxygens (including phenoxy) is 2. The number of nitrogens with zero attached hydrogens (tertiary/aromatic N) is 2. The predicted octanol–water partition coefficient (Wildman–Crippen LogP) is 2.52. The molecule has 0 aliphatic heterocycles. The van der Waals surface area contributed by atoms with Crippen molar-refractivity contribution in [3.8, 4) is 11.5 Å². The highest BCUT2D eigenvalue weighted by molar-refractivity contribution is 6.32. The van der Waals surface area contributed by atoms with Gasteiger partial charge in [-0.15, -0.1) is 0 Å². The summed E-state index contributed by atoms with van der Waals surface area (Å²) in [5.74, 6) is 1.24. The molecule has 0 saturated heterocycles. The number of nitrogens with two attached hydrogens (primary N) is 1. The third-order valence-electron chi connectivity index (χ3n) is 3.09. The van der Waals surface area contributed by atoms with Gasteiger partial charge in [-0.2, -0.15) is 0 Å². The minimum absolute atomic E-state index is 0.556. The fraction of sp³-hybridized carbons (Fsp3) is 0.400. The lowest BCUT2D eigenvalue weighted by Crippen LogP contribution is -2.06. The van der Waals surface area contributed by atoms with Gasteiger partial charge in [0.1, 0.15) is 0 Å². The Morgan fingerprint density at radius 1 is 1.38 bits per heavy atom. The van der Waals surface area contributed by atoms with Crippen LogP contribution < -0.4 is 15.2 Å². The second-order valence-corrected chi connectivity index (χ2v) is 5.06. The van der Waals surface area contributed by atoms with E-state index in [-0.39, 0.29) is 0 Å². The molecule has 0 fully saturated rings. The first-order valence-corrected chi connectivity index (χ1v) is 7.27. The summed E-state index contributed by atoms with van der Waals surface area (Å²) in [6.45, 7) is 1.99. The van der Waals surface area contributed by atoms with Crippen LogP contribution >= 0.6 is 11.6 Å². The van der Waals surface area contributed by atoms with Crippen LogP contribution in [0.3, 0.4) is 0 Å². The van der Waals surface area contributed by atoms with Gasteiger partial charge in [-0.25, -0.2) is 4.98 Å². The van der Waals surface area contributed by atoms with Gasteiger partial charge in [0.05, 0.1) is 25.1 Å². The van der Waals surface area contributed by atoms with E-state index in [1.165, 1.54) is 0 Å². The van der Waals surface area contributed by atoms with Crippen LogP contribution in [0, 0.1) is 0 Å². The predicted molar refractivity (Wildman–Crippen MR) is 83.1 cm³/mol. The van der Waals surface area contributed by atoms with Gasteiger partial charge in [0.25, 0.3) is 0 Å². The van der Waals surface area contributed by atoms with Crippen molar-refractivity contribution in [2.24, 2.45) is 5.73 Å². The lowest BCUT2D eigenvalue weighted by Gasteiger charge is -2.14. The van der Waals surface area contributed by atoms with Crippen molar-refractivity contribution in [1.29, 1.82) is 0 Å². The van der Waals surface area contributed by atoms with Crippen LogP contribution in [0.1, 0.15) is 12.0 Å². The molecule has 6 heteroatoms. The molecule has 0 aliphatic carbocycles. The van der Waals surface area contributed by atoms with E-state index in [2.05, 4.69) is 4.98 Å². The number of hydrogen-bond donors (Lipinski definition) is 1. The van der Waals surface area contributed by atoms with Crippen LogP contribution in [0.25, 0.3) is 0 Å². The molecular weight excluding hydrogens is 290 g/mol. The minimum Gasteiger partial charge on any atom is -0.493 e. The third-order valence-corrected chi connectivity index (χ3v) is 3.37. The maximum Gasteiger partial charge on any atom is 0.179 e. The van der Waals surface area contributed by atoms with Crippen molar-refractivity contribution in [2.75, 3.05) is 20.3 Å². The van der Waals surface area contributed by atoms with E-state index in [0.29, 0.717) is 29.7 Å². The molecule has 0 atom stereocenters. The Bertz CT molecular complexity index is 558. The lowest BCUT2D eigenvalue weighted by atomic mass is 10.1. The summed E-state index contributed by atoms with van der Waals surface area (Å²) >= 11 is 6.27. The van der Waals surface area contributed by atoms with Crippen molar-refractivity contribution in [3.05, 3.63) is 41.4 Å². The SMILES string of the molecule is COc1cc(CCN)cc(Cl)c1OCCCn1ccnc1. The van der Waals surface area contributed by atoms with E-state index in [4.69, 9.17) is 26.8 Å². The van der Waals surface area contributed by atoms with Crippen LogP contribution in [-0.2, 0) is 13.0 Å². The first kappa shape index (κ1) is 15.7. The van der Waals surface area contributed by atoms with Gasteiger partial charge in [0.15, 0.2) is 11.5 Å². The molecule has 2 aromatic rings. The molecule has 2 rings (SSSR count). The Morgan fingerprint density at radius 2 is 2.24 bits per heavy atom. The number of methoxy groups -OCH3 is 1. The zero-order valence-corrected chi connectivity index (χ0v) is 12.8. The van der Waals surface area contributed by atoms with Crippen LogP contribution in [0.4, 0.5) is 0 Å². The van der Waals surface area contributed by atoms with Crippen LogP contribution in [0.2, 0.25) is 5.02 Å². The molecule has 0 aliphatic rings. The zero-order chi connectivity index (χ0) is 15.1. The first-order chi connectivity index (χ1) is 10.2. The van der Waals surface area contributed by atoms with E-state index in [1.54, 1.807) is 19.6 Å². The molecular formula is C15H20ClN3O2. The summed E-state index contributed by atoms with van der Waals surface area (Å²) in [6.07, 6.45) is 7.10. The van der Waals surface area contributed by atoms with E-state index in [9.17, 15) is 0 Å². The summed E-state index contributed by atoms with van der Waals surface area (Å²) < 4.78 is 13.1. The van der Waals surface area contributed by atoms with Gasteiger partial charge in [-0.05, 0) is 37.1 Å². The number of imidazole rings is 1. The Kier molecular flexibility index (Phi) is 5.90. The number of halogens is 1. The fourth-order valence-electron chi connectivity index (χ4n) is 2.06. The number of benzene rings is 1. The van der Waals surface area contributed by atoms with Crippen molar-refractivity contribution in [2.45, 2.75) is 19.4 Å². The second kappa shape index (κ2) is 7.90. The van der Waals surface area contributed by atoms with Crippen LogP contribution in [-0.4, -0.2) is 29.8 Å². The van der Waals surface area contributed by atoms with Crippen molar-refractivity contribution in [3.63, 3.8) is 0 Å². The smallest absolute Gasteiger partial charge is 0.179 e. The molecule has 21 heavy (non-hydrogen) atoms. The number of aryl methyl sites for hydroxylation is 1. The Labute approximate surface area is 129 Å². The molecule has 0 radical (unpaired) electrons. The van der Waals surface area contributed by atoms with E-state index in [1.807, 2.05) is 22.9 Å². The van der Waals surface area contributed by atoms with Crippen molar-refractivity contribution in [1.82, 2.24) is 9.55 Å². The standard InChI is InChI=1S/C15H20ClN3O2/c1-20-14-10-12(3-4-17)9-13(16)15(14)21-8-2-6-19-7-5-18-11-19/h5,7,9-11H,2-4,6,8,17H2,1H3. The zero-order valence-electron chi connectivity index (χ0n) is 12.1. The molecule has 114 valence electrons. The summed E-state index contributed by atoms with van der Waals surface area (Å²) in [5.41, 5.74) is 6.61. The topological polar surface area (TPSA) is 62.3 Å². The molecule has 2 N–H and O–H groups in total. The van der Waals surface area contributed by atoms with Gasteiger partial charge in [-0.3, -0.25) is 0 Å². The number of hydrogen-bond acceptors (Lipinski definition) is 4. The highest BCUT2D eigenvalue weighted by Gasteiger charge is 2.11. The average molecular weight is 310 g/mol. The normalized spacial score (nSPS) is 10.6. The molecule has 5 nitrogen and oxygen atoms in total. The quantitative estimate of drug-likeness (QED) is 0.761. The minimum atomic E-state index is 0.556. The summed E-state index contributed by atoms with van der Waals surface area (Å²) in [6, 6.07) is 3.80. The maximum absolute atomic E-state index is 6.27. The van der Waals surface area contributed by atoms with Crippen LogP contribution in [0.15, 0.2) is 30.9 Å². The Morgan fingerprint density at radius 3 is 2.90 bits per heavy atom. The molecule has 0 saturated carbocycles. The first-order valence-electron chi connectivity index (χ1n) is 6.89. The number of aromatic nitrogens is 2. The molecule has 0 amide bonds. The molecule has 1 aromatic heterocycles. The summed E-state index contributed by atoms with van der Waals surface area (Å²) in [5, 5.41) is 0.556. The largest absolute Gasteiger partial charge is 0.493 e. The fourth-order valence-corrected chi connectivity index (χ4v) is 2.35. The Hall–Kier alpha value is -1.72. The van der Waals surface area contributed by atoms with E-state index < -0.39 is 0 Å². The van der Waals surface area contributed by atoms with Gasteiger partial charge < -0.3 is 19.8 Å². The second-order valence-electron chi connectivity index (χ2n) is 4.65. The van der Waals surface area contributed by atoms with Crippen molar-refractivity contribution >= 4 is 11.6 Å². The van der Waals surface area contributed by atoms with Crippen LogP contribution in [0.5, 0.6) is 11.5 Å². The van der Waals surface area contributed by atoms with Gasteiger partial charge in [-0.1, -0.05) is 11.6 Å². The Balaban J connectivity index is 1.95. The highest BCUT2D eigenvalue weighted by atomic mass is 35.5. The molecule has 1 heterocycles. The highest BCUT2D eigenvalue weighted by Crippen LogP contribution is 2.36. The lowest BCUT2D eigenvalue weighted by molar-refractivity contribution is 0.282. The number of rotatable bonds is 8. The van der Waals surface area contributed by atoms with E-state index in [0.717, 1.165) is 24.9 Å². The molecule has 0 bridgehead atoms. The third kappa shape index (κ3) is 4.37. The van der Waals surface area contributed by atoms with Crippen molar-refractivity contribution < 1.29 is 9.47 Å².